The molecule has 2 aliphatic heterocycles. The van der Waals surface area contributed by atoms with E-state index >= 15 is 0 Å². The van der Waals surface area contributed by atoms with E-state index in [1.54, 1.807) is 4.31 Å². The van der Waals surface area contributed by atoms with E-state index in [1.165, 1.54) is 11.1 Å². The molecule has 1 saturated heterocycles. The molecule has 1 unspecified atom stereocenters. The normalized spacial score (nSPS) is 21.4. The summed E-state index contributed by atoms with van der Waals surface area (Å²) in [5, 5.41) is 10.4. The summed E-state index contributed by atoms with van der Waals surface area (Å²) < 4.78 is 32.6. The number of hydrogen-bond donors (Lipinski definition) is 1. The molecule has 0 spiro atoms. The number of fused-ring (bicyclic) bond motifs is 1. The van der Waals surface area contributed by atoms with Crippen LogP contribution in [0.2, 0.25) is 0 Å². The van der Waals surface area contributed by atoms with Crippen molar-refractivity contribution >= 4 is 10.0 Å². The Labute approximate surface area is 157 Å². The van der Waals surface area contributed by atoms with Gasteiger partial charge in [0.15, 0.2) is 0 Å². The van der Waals surface area contributed by atoms with Gasteiger partial charge >= 0.3 is 0 Å². The molecule has 0 saturated carbocycles. The number of ether oxygens (including phenoxy) is 1. The molecule has 0 bridgehead atoms. The van der Waals surface area contributed by atoms with Crippen LogP contribution in [0.1, 0.15) is 50.3 Å². The minimum absolute atomic E-state index is 0.0168. The summed E-state index contributed by atoms with van der Waals surface area (Å²) in [5.41, 5.74) is 3.58. The van der Waals surface area contributed by atoms with Gasteiger partial charge in [0.1, 0.15) is 0 Å². The predicted octanol–water partition coefficient (Wildman–Crippen LogP) is 2.46. The van der Waals surface area contributed by atoms with Gasteiger partial charge in [0, 0.05) is 26.3 Å². The van der Waals surface area contributed by atoms with E-state index < -0.39 is 16.1 Å². The van der Waals surface area contributed by atoms with Crippen molar-refractivity contribution in [3.63, 3.8) is 0 Å². The van der Waals surface area contributed by atoms with E-state index in [0.29, 0.717) is 26.3 Å². The standard InChI is InChI=1S/C20H31NO4S/c1-20(2,3)18-5-4-15-6-9-21(13-17(15)12-18)26(23,24)14-19(22)16-7-10-25-11-8-16/h4-5,12,16,19,22H,6-11,13-14H2,1-3H3. The maximum Gasteiger partial charge on any atom is 0.216 e. The van der Waals surface area contributed by atoms with Crippen LogP contribution in [0.5, 0.6) is 0 Å². The van der Waals surface area contributed by atoms with Crippen molar-refractivity contribution in [3.8, 4) is 0 Å². The first-order valence-electron chi connectivity index (χ1n) is 9.53. The van der Waals surface area contributed by atoms with Crippen LogP contribution in [0.4, 0.5) is 0 Å². The molecule has 0 amide bonds. The second-order valence-corrected chi connectivity index (χ2v) is 10.6. The van der Waals surface area contributed by atoms with E-state index in [2.05, 4.69) is 39.0 Å². The average molecular weight is 382 g/mol. The molecule has 1 aromatic carbocycles. The highest BCUT2D eigenvalue weighted by atomic mass is 32.2. The molecule has 0 aliphatic carbocycles. The number of hydrogen-bond acceptors (Lipinski definition) is 4. The molecule has 26 heavy (non-hydrogen) atoms. The highest BCUT2D eigenvalue weighted by Gasteiger charge is 2.32. The topological polar surface area (TPSA) is 66.8 Å². The summed E-state index contributed by atoms with van der Waals surface area (Å²) in [6.45, 7) is 8.60. The number of rotatable bonds is 4. The van der Waals surface area contributed by atoms with E-state index in [-0.39, 0.29) is 17.1 Å². The first-order chi connectivity index (χ1) is 12.2. The fourth-order valence-electron chi connectivity index (χ4n) is 3.79. The Kier molecular flexibility index (Phi) is 5.78. The summed E-state index contributed by atoms with van der Waals surface area (Å²) in [4.78, 5) is 0. The summed E-state index contributed by atoms with van der Waals surface area (Å²) in [7, 11) is -3.48. The molecule has 146 valence electrons. The molecular formula is C20H31NO4S. The minimum Gasteiger partial charge on any atom is -0.392 e. The molecule has 0 aromatic heterocycles. The van der Waals surface area contributed by atoms with Gasteiger partial charge in [-0.25, -0.2) is 8.42 Å². The molecule has 1 fully saturated rings. The Hall–Kier alpha value is -0.950. The second-order valence-electron chi connectivity index (χ2n) is 8.61. The molecule has 6 heteroatoms. The van der Waals surface area contributed by atoms with Crippen LogP contribution in [0, 0.1) is 5.92 Å². The Morgan fingerprint density at radius 2 is 1.92 bits per heavy atom. The van der Waals surface area contributed by atoms with Gasteiger partial charge in [-0.1, -0.05) is 39.0 Å². The average Bonchev–Trinajstić information content (AvgIpc) is 2.60. The maximum absolute atomic E-state index is 12.9. The molecule has 5 nitrogen and oxygen atoms in total. The fraction of sp³-hybridized carbons (Fsp3) is 0.700. The van der Waals surface area contributed by atoms with E-state index in [0.717, 1.165) is 24.8 Å². The summed E-state index contributed by atoms with van der Waals surface area (Å²) >= 11 is 0. The van der Waals surface area contributed by atoms with Gasteiger partial charge in [0.05, 0.1) is 11.9 Å². The number of sulfonamides is 1. The first-order valence-corrected chi connectivity index (χ1v) is 11.1. The van der Waals surface area contributed by atoms with E-state index in [4.69, 9.17) is 4.74 Å². The smallest absolute Gasteiger partial charge is 0.216 e. The molecular weight excluding hydrogens is 350 g/mol. The lowest BCUT2D eigenvalue weighted by Crippen LogP contribution is -2.42. The lowest BCUT2D eigenvalue weighted by Gasteiger charge is -2.32. The lowest BCUT2D eigenvalue weighted by atomic mass is 9.84. The monoisotopic (exact) mass is 381 g/mol. The quantitative estimate of drug-likeness (QED) is 0.870. The third-order valence-electron chi connectivity index (χ3n) is 5.63. The van der Waals surface area contributed by atoms with Crippen molar-refractivity contribution in [1.29, 1.82) is 0 Å². The van der Waals surface area contributed by atoms with Gasteiger partial charge in [0.2, 0.25) is 10.0 Å². The summed E-state index contributed by atoms with van der Waals surface area (Å²) in [6.07, 6.45) is 1.38. The molecule has 0 radical (unpaired) electrons. The number of benzene rings is 1. The highest BCUT2D eigenvalue weighted by molar-refractivity contribution is 7.89. The van der Waals surface area contributed by atoms with Gasteiger partial charge < -0.3 is 9.84 Å². The van der Waals surface area contributed by atoms with Gasteiger partial charge in [-0.05, 0) is 47.3 Å². The molecule has 3 rings (SSSR count). The van der Waals surface area contributed by atoms with Crippen molar-refractivity contribution in [2.75, 3.05) is 25.5 Å². The third-order valence-corrected chi connectivity index (χ3v) is 7.50. The number of aliphatic hydroxyl groups excluding tert-OH is 1. The van der Waals surface area contributed by atoms with Crippen molar-refractivity contribution in [2.24, 2.45) is 5.92 Å². The molecule has 1 aromatic rings. The SMILES string of the molecule is CC(C)(C)c1ccc2c(c1)CN(S(=O)(=O)CC(O)C1CCOCC1)CC2. The zero-order valence-corrected chi connectivity index (χ0v) is 16.9. The minimum atomic E-state index is -3.48. The number of nitrogens with zero attached hydrogens (tertiary/aromatic N) is 1. The van der Waals surface area contributed by atoms with Crippen LogP contribution >= 0.6 is 0 Å². The van der Waals surface area contributed by atoms with Gasteiger partial charge in [-0.3, -0.25) is 0 Å². The molecule has 2 aliphatic rings. The van der Waals surface area contributed by atoms with Crippen molar-refractivity contribution < 1.29 is 18.3 Å². The molecule has 2 heterocycles. The Morgan fingerprint density at radius 1 is 1.23 bits per heavy atom. The first kappa shape index (κ1) is 19.8. The van der Waals surface area contributed by atoms with E-state index in [1.807, 2.05) is 0 Å². The maximum atomic E-state index is 12.9. The second kappa shape index (κ2) is 7.58. The molecule has 1 N–H and O–H groups in total. The van der Waals surface area contributed by atoms with Gasteiger partial charge in [-0.15, -0.1) is 0 Å². The van der Waals surface area contributed by atoms with Crippen LogP contribution in [0.15, 0.2) is 18.2 Å². The Morgan fingerprint density at radius 3 is 2.58 bits per heavy atom. The fourth-order valence-corrected chi connectivity index (χ4v) is 5.41. The molecule has 1 atom stereocenters. The van der Waals surface area contributed by atoms with Crippen LogP contribution in [-0.2, 0) is 33.1 Å². The Balaban J connectivity index is 1.72. The zero-order valence-electron chi connectivity index (χ0n) is 16.1. The highest BCUT2D eigenvalue weighted by Crippen LogP contribution is 2.29. The Bertz CT molecular complexity index is 733. The lowest BCUT2D eigenvalue weighted by molar-refractivity contribution is 0.0159. The largest absolute Gasteiger partial charge is 0.392 e. The van der Waals surface area contributed by atoms with Crippen molar-refractivity contribution in [1.82, 2.24) is 4.31 Å². The van der Waals surface area contributed by atoms with Crippen LogP contribution in [0.3, 0.4) is 0 Å². The van der Waals surface area contributed by atoms with E-state index in [9.17, 15) is 13.5 Å². The van der Waals surface area contributed by atoms with Crippen molar-refractivity contribution in [3.05, 3.63) is 34.9 Å². The van der Waals surface area contributed by atoms with Crippen LogP contribution in [-0.4, -0.2) is 49.4 Å². The van der Waals surface area contributed by atoms with Gasteiger partial charge in [0.25, 0.3) is 0 Å². The summed E-state index contributed by atoms with van der Waals surface area (Å²) in [5.74, 6) is -0.172. The van der Waals surface area contributed by atoms with Crippen LogP contribution in [0.25, 0.3) is 0 Å². The van der Waals surface area contributed by atoms with Gasteiger partial charge in [-0.2, -0.15) is 4.31 Å². The third kappa shape index (κ3) is 4.47. The van der Waals surface area contributed by atoms with Crippen LogP contribution < -0.4 is 0 Å². The zero-order chi connectivity index (χ0) is 18.9. The predicted molar refractivity (Wildman–Crippen MR) is 103 cm³/mol. The van der Waals surface area contributed by atoms with Crippen molar-refractivity contribution in [2.45, 2.75) is 58.1 Å². The summed E-state index contributed by atoms with van der Waals surface area (Å²) in [6, 6.07) is 6.43. The number of aliphatic hydroxyl groups is 1.